The van der Waals surface area contributed by atoms with E-state index in [0.29, 0.717) is 28.2 Å². The van der Waals surface area contributed by atoms with Crippen molar-refractivity contribution in [3.63, 3.8) is 0 Å². The number of thioether (sulfide) groups is 1. The van der Waals surface area contributed by atoms with Gasteiger partial charge in [-0.15, -0.1) is 0 Å². The quantitative estimate of drug-likeness (QED) is 0.333. The standard InChI is InChI=1S/C26H30BrN3O3S2/c27-19-7-8-22-21(13-19)18(15-29(22)16-24(31)28-14-20-6-3-11-33-20)12-23-25(32)30(26(34)35-23)10-9-17-4-1-2-5-17/h7-8,12-13,15,17,20H,1-6,9-11,14,16H2,(H,28,31)/b23-12-/t20-/m0/s1. The van der Waals surface area contributed by atoms with E-state index in [1.807, 2.05) is 35.0 Å². The topological polar surface area (TPSA) is 63.6 Å². The van der Waals surface area contributed by atoms with Crippen LogP contribution >= 0.6 is 39.9 Å². The van der Waals surface area contributed by atoms with Crippen molar-refractivity contribution in [2.24, 2.45) is 5.92 Å². The van der Waals surface area contributed by atoms with Crippen LogP contribution in [0, 0.1) is 5.92 Å². The molecule has 0 bridgehead atoms. The molecule has 2 amide bonds. The van der Waals surface area contributed by atoms with E-state index >= 15 is 0 Å². The number of nitrogens with one attached hydrogen (secondary N) is 1. The molecule has 2 saturated heterocycles. The fraction of sp³-hybridized carbons (Fsp3) is 0.500. The molecule has 35 heavy (non-hydrogen) atoms. The molecule has 5 rings (SSSR count). The van der Waals surface area contributed by atoms with Crippen LogP contribution in [-0.2, 0) is 20.9 Å². The van der Waals surface area contributed by atoms with E-state index in [2.05, 4.69) is 21.2 Å². The van der Waals surface area contributed by atoms with Crippen molar-refractivity contribution in [3.8, 4) is 0 Å². The lowest BCUT2D eigenvalue weighted by Gasteiger charge is -2.17. The number of amides is 2. The average Bonchev–Trinajstić information content (AvgIpc) is 3.63. The molecule has 1 N–H and O–H groups in total. The number of carbonyl (C=O) groups is 2. The molecule has 3 fully saturated rings. The molecule has 186 valence electrons. The van der Waals surface area contributed by atoms with Crippen LogP contribution in [0.2, 0.25) is 0 Å². The average molecular weight is 577 g/mol. The van der Waals surface area contributed by atoms with E-state index < -0.39 is 0 Å². The second-order valence-corrected chi connectivity index (χ2v) is 12.2. The van der Waals surface area contributed by atoms with Crippen LogP contribution in [0.3, 0.4) is 0 Å². The predicted octanol–water partition coefficient (Wildman–Crippen LogP) is 5.48. The molecule has 1 saturated carbocycles. The summed E-state index contributed by atoms with van der Waals surface area (Å²) in [5.41, 5.74) is 1.85. The van der Waals surface area contributed by atoms with E-state index in [1.165, 1.54) is 37.4 Å². The van der Waals surface area contributed by atoms with Crippen LogP contribution < -0.4 is 5.32 Å². The van der Waals surface area contributed by atoms with Gasteiger partial charge in [-0.1, -0.05) is 65.6 Å². The normalized spacial score (nSPS) is 22.3. The molecule has 6 nitrogen and oxygen atoms in total. The van der Waals surface area contributed by atoms with Crippen LogP contribution in [0.5, 0.6) is 0 Å². The highest BCUT2D eigenvalue weighted by Gasteiger charge is 2.32. The third kappa shape index (κ3) is 5.84. The number of hydrogen-bond donors (Lipinski definition) is 1. The number of rotatable bonds is 8. The van der Waals surface area contributed by atoms with E-state index in [9.17, 15) is 9.59 Å². The minimum absolute atomic E-state index is 0.0109. The largest absolute Gasteiger partial charge is 0.376 e. The summed E-state index contributed by atoms with van der Waals surface area (Å²) >= 11 is 10.5. The summed E-state index contributed by atoms with van der Waals surface area (Å²) in [6, 6.07) is 6.00. The maximum atomic E-state index is 13.2. The number of ether oxygens (including phenoxy) is 1. The first-order valence-electron chi connectivity index (χ1n) is 12.4. The summed E-state index contributed by atoms with van der Waals surface area (Å²) in [7, 11) is 0. The van der Waals surface area contributed by atoms with Gasteiger partial charge in [-0.25, -0.2) is 0 Å². The predicted molar refractivity (Wildman–Crippen MR) is 148 cm³/mol. The zero-order valence-electron chi connectivity index (χ0n) is 19.6. The van der Waals surface area contributed by atoms with Gasteiger partial charge in [0.25, 0.3) is 5.91 Å². The van der Waals surface area contributed by atoms with E-state index in [-0.39, 0.29) is 24.5 Å². The highest BCUT2D eigenvalue weighted by Crippen LogP contribution is 2.36. The van der Waals surface area contributed by atoms with Crippen molar-refractivity contribution in [3.05, 3.63) is 39.3 Å². The summed E-state index contributed by atoms with van der Waals surface area (Å²) < 4.78 is 9.13. The Bertz CT molecular complexity index is 1170. The van der Waals surface area contributed by atoms with Crippen molar-refractivity contribution < 1.29 is 14.3 Å². The minimum atomic E-state index is -0.0508. The number of carbonyl (C=O) groups excluding carboxylic acids is 2. The minimum Gasteiger partial charge on any atom is -0.376 e. The maximum Gasteiger partial charge on any atom is 0.266 e. The van der Waals surface area contributed by atoms with Crippen LogP contribution in [0.25, 0.3) is 17.0 Å². The second-order valence-electron chi connectivity index (χ2n) is 9.59. The Balaban J connectivity index is 1.32. The van der Waals surface area contributed by atoms with Gasteiger partial charge in [0, 0.05) is 46.8 Å². The highest BCUT2D eigenvalue weighted by atomic mass is 79.9. The van der Waals surface area contributed by atoms with Gasteiger partial charge in [-0.05, 0) is 49.5 Å². The number of fused-ring (bicyclic) bond motifs is 1. The molecular formula is C26H30BrN3O3S2. The van der Waals surface area contributed by atoms with Crippen molar-refractivity contribution in [1.82, 2.24) is 14.8 Å². The third-order valence-electron chi connectivity index (χ3n) is 7.13. The van der Waals surface area contributed by atoms with E-state index in [0.717, 1.165) is 46.8 Å². The number of aromatic nitrogens is 1. The fourth-order valence-electron chi connectivity index (χ4n) is 5.23. The molecule has 1 aromatic carbocycles. The monoisotopic (exact) mass is 575 g/mol. The van der Waals surface area contributed by atoms with Gasteiger partial charge in [0.2, 0.25) is 5.91 Å². The summed E-state index contributed by atoms with van der Waals surface area (Å²) in [5.74, 6) is 0.652. The molecule has 1 atom stereocenters. The summed E-state index contributed by atoms with van der Waals surface area (Å²) in [6.45, 7) is 2.22. The van der Waals surface area contributed by atoms with Gasteiger partial charge in [-0.2, -0.15) is 0 Å². The highest BCUT2D eigenvalue weighted by molar-refractivity contribution is 9.10. The Labute approximate surface area is 223 Å². The van der Waals surface area contributed by atoms with Gasteiger partial charge in [0.05, 0.1) is 11.0 Å². The molecule has 1 aromatic heterocycles. The first kappa shape index (κ1) is 25.0. The molecular weight excluding hydrogens is 546 g/mol. The van der Waals surface area contributed by atoms with Gasteiger partial charge in [0.15, 0.2) is 0 Å². The first-order chi connectivity index (χ1) is 17.0. The van der Waals surface area contributed by atoms with Crippen LogP contribution in [0.1, 0.15) is 50.5 Å². The Hall–Kier alpha value is -1.68. The lowest BCUT2D eigenvalue weighted by molar-refractivity contribution is -0.123. The molecule has 3 heterocycles. The number of halogens is 1. The molecule has 9 heteroatoms. The first-order valence-corrected chi connectivity index (χ1v) is 14.4. The lowest BCUT2D eigenvalue weighted by atomic mass is 10.0. The molecule has 0 spiro atoms. The molecule has 2 aromatic rings. The van der Waals surface area contributed by atoms with Crippen molar-refractivity contribution in [2.45, 2.75) is 57.6 Å². The van der Waals surface area contributed by atoms with Gasteiger partial charge >= 0.3 is 0 Å². The Kier molecular flexibility index (Phi) is 7.96. The number of benzene rings is 1. The Morgan fingerprint density at radius 1 is 1.26 bits per heavy atom. The SMILES string of the molecule is O=C(Cn1cc(/C=C2\SC(=S)N(CCC3CCCC3)C2=O)c2cc(Br)ccc21)NC[C@@H]1CCCO1. The fourth-order valence-corrected chi connectivity index (χ4v) is 6.89. The van der Waals surface area contributed by atoms with Gasteiger partial charge in [-0.3, -0.25) is 14.5 Å². The van der Waals surface area contributed by atoms with E-state index in [1.54, 1.807) is 4.90 Å². The zero-order chi connectivity index (χ0) is 24.4. The van der Waals surface area contributed by atoms with Crippen LogP contribution in [0.15, 0.2) is 33.8 Å². The Morgan fingerprint density at radius 3 is 2.86 bits per heavy atom. The number of thiocarbonyl (C=S) groups is 1. The van der Waals surface area contributed by atoms with E-state index in [4.69, 9.17) is 17.0 Å². The molecule has 2 aliphatic heterocycles. The number of hydrogen-bond acceptors (Lipinski definition) is 5. The molecule has 1 aliphatic carbocycles. The molecule has 3 aliphatic rings. The van der Waals surface area contributed by atoms with Crippen LogP contribution in [0.4, 0.5) is 0 Å². The zero-order valence-corrected chi connectivity index (χ0v) is 22.9. The maximum absolute atomic E-state index is 13.2. The lowest BCUT2D eigenvalue weighted by Crippen LogP contribution is -2.34. The van der Waals surface area contributed by atoms with Gasteiger partial charge in [0.1, 0.15) is 10.9 Å². The van der Waals surface area contributed by atoms with Crippen LogP contribution in [-0.4, -0.2) is 51.4 Å². The summed E-state index contributed by atoms with van der Waals surface area (Å²) in [5, 5.41) is 3.98. The Morgan fingerprint density at radius 2 is 2.09 bits per heavy atom. The third-order valence-corrected chi connectivity index (χ3v) is 9.01. The number of nitrogens with zero attached hydrogens (tertiary/aromatic N) is 2. The second kappa shape index (κ2) is 11.2. The smallest absolute Gasteiger partial charge is 0.266 e. The summed E-state index contributed by atoms with van der Waals surface area (Å²) in [4.78, 5) is 28.2. The summed E-state index contributed by atoms with van der Waals surface area (Å²) in [6.07, 6.45) is 12.2. The molecule has 0 unspecified atom stereocenters. The van der Waals surface area contributed by atoms with Crippen molar-refractivity contribution >= 4 is 73.0 Å². The molecule has 0 radical (unpaired) electrons. The van der Waals surface area contributed by atoms with Gasteiger partial charge < -0.3 is 14.6 Å². The van der Waals surface area contributed by atoms with Crippen molar-refractivity contribution in [1.29, 1.82) is 0 Å². The van der Waals surface area contributed by atoms with Crippen molar-refractivity contribution in [2.75, 3.05) is 19.7 Å².